The summed E-state index contributed by atoms with van der Waals surface area (Å²) in [7, 11) is 2.80. The minimum atomic E-state index is -5.04. The lowest BCUT2D eigenvalue weighted by Gasteiger charge is -2.18. The largest absolute Gasteiger partial charge is 0.497 e. The van der Waals surface area contributed by atoms with E-state index in [1.54, 1.807) is 24.3 Å². The van der Waals surface area contributed by atoms with Crippen LogP contribution in [0.2, 0.25) is 0 Å². The predicted octanol–water partition coefficient (Wildman–Crippen LogP) is 4.85. The fourth-order valence-electron chi connectivity index (χ4n) is 2.55. The third-order valence-electron chi connectivity index (χ3n) is 4.05. The van der Waals surface area contributed by atoms with Crippen molar-refractivity contribution in [2.45, 2.75) is 18.5 Å². The lowest BCUT2D eigenvalue weighted by atomic mass is 10.0. The Balaban J connectivity index is 2.25. The van der Waals surface area contributed by atoms with Crippen molar-refractivity contribution in [3.8, 4) is 5.75 Å². The standard InChI is InChI=1S/C19H17F6NO3/c1-28-15-5-3-4-11(8-15)16(29-2)10-26-17(27)12-6-13(18(20,21)22)9-14(7-12)19(23,24)25/h3-9,16H,10H2,1-2H3,(H,26,27). The Bertz CT molecular complexity index is 832. The van der Waals surface area contributed by atoms with Crippen LogP contribution >= 0.6 is 0 Å². The fourth-order valence-corrected chi connectivity index (χ4v) is 2.55. The molecule has 10 heteroatoms. The van der Waals surface area contributed by atoms with E-state index in [1.165, 1.54) is 14.2 Å². The molecule has 0 fully saturated rings. The first-order chi connectivity index (χ1) is 13.5. The maximum atomic E-state index is 12.9. The number of ether oxygens (including phenoxy) is 2. The summed E-state index contributed by atoms with van der Waals surface area (Å²) in [6.07, 6.45) is -10.8. The number of amides is 1. The number of benzene rings is 2. The molecular formula is C19H17F6NO3. The maximum absolute atomic E-state index is 12.9. The van der Waals surface area contributed by atoms with Crippen molar-refractivity contribution in [3.63, 3.8) is 0 Å². The van der Waals surface area contributed by atoms with Gasteiger partial charge in [0.25, 0.3) is 5.91 Å². The van der Waals surface area contributed by atoms with Crippen LogP contribution in [-0.2, 0) is 17.1 Å². The lowest BCUT2D eigenvalue weighted by molar-refractivity contribution is -0.143. The monoisotopic (exact) mass is 421 g/mol. The van der Waals surface area contributed by atoms with E-state index in [2.05, 4.69) is 5.32 Å². The minimum Gasteiger partial charge on any atom is -0.497 e. The van der Waals surface area contributed by atoms with Crippen LogP contribution in [0.25, 0.3) is 0 Å². The van der Waals surface area contributed by atoms with Crippen LogP contribution in [0.5, 0.6) is 5.75 Å². The van der Waals surface area contributed by atoms with Gasteiger partial charge in [-0.25, -0.2) is 0 Å². The van der Waals surface area contributed by atoms with E-state index in [0.29, 0.717) is 23.4 Å². The minimum absolute atomic E-state index is 0.0367. The Kier molecular flexibility index (Phi) is 6.78. The molecule has 0 bridgehead atoms. The van der Waals surface area contributed by atoms with Crippen molar-refractivity contribution in [2.75, 3.05) is 20.8 Å². The Morgan fingerprint density at radius 1 is 0.966 bits per heavy atom. The van der Waals surface area contributed by atoms with Gasteiger partial charge in [-0.3, -0.25) is 4.79 Å². The van der Waals surface area contributed by atoms with Gasteiger partial charge in [0, 0.05) is 19.2 Å². The van der Waals surface area contributed by atoms with E-state index in [9.17, 15) is 31.1 Å². The van der Waals surface area contributed by atoms with E-state index in [1.807, 2.05) is 0 Å². The molecular weight excluding hydrogens is 404 g/mol. The zero-order valence-corrected chi connectivity index (χ0v) is 15.3. The molecule has 0 aromatic heterocycles. The average molecular weight is 421 g/mol. The summed E-state index contributed by atoms with van der Waals surface area (Å²) in [6, 6.07) is 7.36. The first-order valence-corrected chi connectivity index (χ1v) is 8.20. The van der Waals surface area contributed by atoms with Gasteiger partial charge in [0.05, 0.1) is 24.3 Å². The maximum Gasteiger partial charge on any atom is 0.416 e. The molecule has 0 spiro atoms. The van der Waals surface area contributed by atoms with Gasteiger partial charge in [0.1, 0.15) is 5.75 Å². The van der Waals surface area contributed by atoms with Crippen molar-refractivity contribution < 1.29 is 40.6 Å². The molecule has 158 valence electrons. The molecule has 2 rings (SSSR count). The number of rotatable bonds is 6. The summed E-state index contributed by atoms with van der Waals surface area (Å²) in [5.41, 5.74) is -3.28. The molecule has 1 N–H and O–H groups in total. The second kappa shape index (κ2) is 8.73. The number of hydrogen-bond acceptors (Lipinski definition) is 3. The van der Waals surface area contributed by atoms with Gasteiger partial charge in [-0.2, -0.15) is 26.3 Å². The van der Waals surface area contributed by atoms with E-state index in [0.717, 1.165) is 0 Å². The first kappa shape index (κ1) is 22.5. The van der Waals surface area contributed by atoms with Gasteiger partial charge in [-0.15, -0.1) is 0 Å². The molecule has 1 unspecified atom stereocenters. The highest BCUT2D eigenvalue weighted by molar-refractivity contribution is 5.94. The van der Waals surface area contributed by atoms with E-state index in [4.69, 9.17) is 9.47 Å². The number of nitrogens with one attached hydrogen (secondary N) is 1. The number of alkyl halides is 6. The topological polar surface area (TPSA) is 47.6 Å². The highest BCUT2D eigenvalue weighted by Gasteiger charge is 2.37. The third-order valence-corrected chi connectivity index (χ3v) is 4.05. The molecule has 4 nitrogen and oxygen atoms in total. The molecule has 1 atom stereocenters. The molecule has 0 aliphatic heterocycles. The molecule has 2 aromatic rings. The van der Waals surface area contributed by atoms with Crippen LogP contribution in [0.4, 0.5) is 26.3 Å². The Hall–Kier alpha value is -2.75. The van der Waals surface area contributed by atoms with Crippen molar-refractivity contribution in [2.24, 2.45) is 0 Å². The van der Waals surface area contributed by atoms with E-state index >= 15 is 0 Å². The zero-order chi connectivity index (χ0) is 21.8. The first-order valence-electron chi connectivity index (χ1n) is 8.20. The van der Waals surface area contributed by atoms with Crippen LogP contribution < -0.4 is 10.1 Å². The van der Waals surface area contributed by atoms with Gasteiger partial charge in [-0.1, -0.05) is 12.1 Å². The molecule has 0 aliphatic carbocycles. The summed E-state index contributed by atoms with van der Waals surface area (Å²) in [6.45, 7) is -0.180. The van der Waals surface area contributed by atoms with Gasteiger partial charge in [0.15, 0.2) is 0 Å². The number of carbonyl (C=O) groups excluding carboxylic acids is 1. The van der Waals surface area contributed by atoms with E-state index in [-0.39, 0.29) is 12.6 Å². The second-order valence-electron chi connectivity index (χ2n) is 6.01. The molecule has 0 heterocycles. The molecule has 2 aromatic carbocycles. The number of hydrogen-bond donors (Lipinski definition) is 1. The number of methoxy groups -OCH3 is 2. The number of halogens is 6. The SMILES string of the molecule is COc1cccc(C(CNC(=O)c2cc(C(F)(F)F)cc(C(F)(F)F)c2)OC)c1. The summed E-state index contributed by atoms with van der Waals surface area (Å²) in [5, 5.41) is 2.30. The van der Waals surface area contributed by atoms with Crippen LogP contribution in [0.1, 0.15) is 33.2 Å². The van der Waals surface area contributed by atoms with Crippen molar-refractivity contribution >= 4 is 5.91 Å². The van der Waals surface area contributed by atoms with Crippen molar-refractivity contribution in [1.82, 2.24) is 5.32 Å². The third kappa shape index (κ3) is 5.86. The van der Waals surface area contributed by atoms with Gasteiger partial charge < -0.3 is 14.8 Å². The zero-order valence-electron chi connectivity index (χ0n) is 15.3. The summed E-state index contributed by atoms with van der Waals surface area (Å²) < 4.78 is 87.9. The fraction of sp³-hybridized carbons (Fsp3) is 0.316. The van der Waals surface area contributed by atoms with Gasteiger partial charge in [0.2, 0.25) is 0 Å². The normalized spacial score (nSPS) is 13.1. The molecule has 0 aliphatic rings. The second-order valence-corrected chi connectivity index (χ2v) is 6.01. The highest BCUT2D eigenvalue weighted by Crippen LogP contribution is 2.36. The van der Waals surface area contributed by atoms with E-state index < -0.39 is 41.1 Å². The Morgan fingerprint density at radius 2 is 1.55 bits per heavy atom. The predicted molar refractivity (Wildman–Crippen MR) is 91.5 cm³/mol. The molecule has 0 radical (unpaired) electrons. The highest BCUT2D eigenvalue weighted by atomic mass is 19.4. The van der Waals surface area contributed by atoms with Crippen LogP contribution in [0.3, 0.4) is 0 Å². The lowest BCUT2D eigenvalue weighted by Crippen LogP contribution is -2.29. The Morgan fingerprint density at radius 3 is 2.03 bits per heavy atom. The van der Waals surface area contributed by atoms with Crippen molar-refractivity contribution in [1.29, 1.82) is 0 Å². The molecule has 1 amide bonds. The quantitative estimate of drug-likeness (QED) is 0.679. The van der Waals surface area contributed by atoms with Gasteiger partial charge >= 0.3 is 12.4 Å². The van der Waals surface area contributed by atoms with Gasteiger partial charge in [-0.05, 0) is 35.9 Å². The average Bonchev–Trinajstić information content (AvgIpc) is 2.66. The smallest absolute Gasteiger partial charge is 0.416 e. The Labute approximate surface area is 162 Å². The van der Waals surface area contributed by atoms with Crippen LogP contribution in [0.15, 0.2) is 42.5 Å². The summed E-state index contributed by atoms with van der Waals surface area (Å²) in [4.78, 5) is 12.3. The van der Waals surface area contributed by atoms with Crippen LogP contribution in [0, 0.1) is 0 Å². The number of carbonyl (C=O) groups is 1. The van der Waals surface area contributed by atoms with Crippen molar-refractivity contribution in [3.05, 3.63) is 64.7 Å². The molecule has 29 heavy (non-hydrogen) atoms. The molecule has 0 saturated heterocycles. The summed E-state index contributed by atoms with van der Waals surface area (Å²) in [5.74, 6) is -0.574. The van der Waals surface area contributed by atoms with Crippen LogP contribution in [-0.4, -0.2) is 26.7 Å². The molecule has 0 saturated carbocycles. The summed E-state index contributed by atoms with van der Waals surface area (Å²) >= 11 is 0.